The third-order valence-electron chi connectivity index (χ3n) is 3.56. The van der Waals surface area contributed by atoms with E-state index in [9.17, 15) is 9.59 Å². The highest BCUT2D eigenvalue weighted by Crippen LogP contribution is 2.34. The van der Waals surface area contributed by atoms with Gasteiger partial charge in [-0.2, -0.15) is 0 Å². The molecule has 0 aromatic heterocycles. The van der Waals surface area contributed by atoms with Crippen LogP contribution in [0.1, 0.15) is 26.2 Å². The molecule has 0 spiro atoms. The fourth-order valence-electron chi connectivity index (χ4n) is 2.53. The maximum atomic E-state index is 11.8. The lowest BCUT2D eigenvalue weighted by Gasteiger charge is -2.27. The fraction of sp³-hybridized carbons (Fsp3) is 0.467. The average molecular weight is 262 g/mol. The molecule has 19 heavy (non-hydrogen) atoms. The van der Waals surface area contributed by atoms with Crippen molar-refractivity contribution in [3.05, 3.63) is 36.2 Å². The lowest BCUT2D eigenvalue weighted by molar-refractivity contribution is -0.819. The van der Waals surface area contributed by atoms with Crippen molar-refractivity contribution in [3.8, 4) is 0 Å². The number of carbonyl (C=O) groups is 2. The summed E-state index contributed by atoms with van der Waals surface area (Å²) in [6.07, 6.45) is 8.19. The van der Waals surface area contributed by atoms with E-state index < -0.39 is 0 Å². The van der Waals surface area contributed by atoms with Crippen LogP contribution in [-0.2, 0) is 14.3 Å². The Morgan fingerprint density at radius 2 is 2.32 bits per heavy atom. The molecule has 1 atom stereocenters. The number of fused-ring (bicyclic) bond motifs is 1. The van der Waals surface area contributed by atoms with Gasteiger partial charge in [-0.3, -0.25) is 9.28 Å². The zero-order valence-electron chi connectivity index (χ0n) is 11.4. The first-order valence-corrected chi connectivity index (χ1v) is 6.70. The van der Waals surface area contributed by atoms with E-state index in [1.165, 1.54) is 0 Å². The van der Waals surface area contributed by atoms with Gasteiger partial charge in [0.2, 0.25) is 0 Å². The zero-order valence-corrected chi connectivity index (χ0v) is 11.4. The third-order valence-corrected chi connectivity index (χ3v) is 3.56. The monoisotopic (exact) mass is 262 g/mol. The number of ketones is 1. The van der Waals surface area contributed by atoms with Crippen LogP contribution in [0.3, 0.4) is 0 Å². The molecule has 0 saturated carbocycles. The number of nitrogens with zero attached hydrogens (tertiary/aromatic N) is 1. The quantitative estimate of drug-likeness (QED) is 0.318. The molecule has 1 fully saturated rings. The van der Waals surface area contributed by atoms with Gasteiger partial charge in [0, 0.05) is 6.08 Å². The van der Waals surface area contributed by atoms with Crippen molar-refractivity contribution < 1.29 is 18.8 Å². The summed E-state index contributed by atoms with van der Waals surface area (Å²) in [5, 5.41) is 0. The molecule has 2 heterocycles. The smallest absolute Gasteiger partial charge is 0.339 e. The van der Waals surface area contributed by atoms with Gasteiger partial charge in [-0.1, -0.05) is 19.9 Å². The first kappa shape index (κ1) is 13.7. The van der Waals surface area contributed by atoms with Crippen LogP contribution in [0, 0.1) is 0 Å². The molecule has 4 heteroatoms. The Labute approximate surface area is 113 Å². The lowest BCUT2D eigenvalue weighted by atomic mass is 10.2. The normalized spacial score (nSPS) is 24.3. The van der Waals surface area contributed by atoms with E-state index in [1.807, 2.05) is 25.3 Å². The second-order valence-corrected chi connectivity index (χ2v) is 5.16. The van der Waals surface area contributed by atoms with Crippen molar-refractivity contribution in [3.63, 3.8) is 0 Å². The molecule has 102 valence electrons. The molecule has 0 bridgehead atoms. The summed E-state index contributed by atoms with van der Waals surface area (Å²) in [6, 6.07) is 0. The van der Waals surface area contributed by atoms with Gasteiger partial charge in [0.1, 0.15) is 25.0 Å². The number of esters is 1. The SMILES string of the molecule is C=C(C[N+]12C=CC=C1CC(=O)C2)C(=O)OCCCC. The summed E-state index contributed by atoms with van der Waals surface area (Å²) in [6.45, 7) is 7.15. The van der Waals surface area contributed by atoms with Gasteiger partial charge in [0.25, 0.3) is 0 Å². The lowest BCUT2D eigenvalue weighted by Crippen LogP contribution is -2.40. The van der Waals surface area contributed by atoms with Crippen molar-refractivity contribution in [2.75, 3.05) is 19.7 Å². The van der Waals surface area contributed by atoms with Crippen molar-refractivity contribution in [1.29, 1.82) is 0 Å². The van der Waals surface area contributed by atoms with Crippen LogP contribution in [0.2, 0.25) is 0 Å². The van der Waals surface area contributed by atoms with Crippen LogP contribution in [0.4, 0.5) is 0 Å². The number of ether oxygens (including phenoxy) is 1. The molecule has 1 saturated heterocycles. The molecule has 0 amide bonds. The van der Waals surface area contributed by atoms with Gasteiger partial charge in [-0.25, -0.2) is 4.79 Å². The molecule has 0 aliphatic carbocycles. The third kappa shape index (κ3) is 2.84. The molecule has 0 N–H and O–H groups in total. The molecule has 0 aromatic carbocycles. The maximum absolute atomic E-state index is 11.8. The summed E-state index contributed by atoms with van der Waals surface area (Å²) < 4.78 is 5.58. The Balaban J connectivity index is 1.95. The summed E-state index contributed by atoms with van der Waals surface area (Å²) in [7, 11) is 0. The largest absolute Gasteiger partial charge is 0.462 e. The Kier molecular flexibility index (Phi) is 4.00. The van der Waals surface area contributed by atoms with Crippen molar-refractivity contribution >= 4 is 11.8 Å². The predicted octanol–water partition coefficient (Wildman–Crippen LogP) is 2.09. The van der Waals surface area contributed by atoms with Crippen molar-refractivity contribution in [2.24, 2.45) is 0 Å². The number of hydrogen-bond acceptors (Lipinski definition) is 3. The molecule has 2 aliphatic rings. The number of allylic oxidation sites excluding steroid dienone is 3. The first-order chi connectivity index (χ1) is 9.07. The molecule has 4 nitrogen and oxygen atoms in total. The number of hydrogen-bond donors (Lipinski definition) is 0. The van der Waals surface area contributed by atoms with Gasteiger partial charge < -0.3 is 4.74 Å². The molecule has 2 rings (SSSR count). The topological polar surface area (TPSA) is 43.4 Å². The maximum Gasteiger partial charge on any atom is 0.339 e. The Hall–Kier alpha value is -1.68. The van der Waals surface area contributed by atoms with Gasteiger partial charge in [0.05, 0.1) is 18.6 Å². The standard InChI is InChI=1S/C15H20NO3/c1-3-4-8-19-15(18)12(2)10-16-7-5-6-13(16)9-14(17)11-16/h5-7H,2-4,8-11H2,1H3/q+1. The van der Waals surface area contributed by atoms with Crippen LogP contribution in [0.5, 0.6) is 0 Å². The molecule has 1 unspecified atom stereocenters. The van der Waals surface area contributed by atoms with Crippen LogP contribution in [-0.4, -0.2) is 35.9 Å². The Morgan fingerprint density at radius 3 is 3.05 bits per heavy atom. The number of quaternary nitrogens is 1. The summed E-state index contributed by atoms with van der Waals surface area (Å²) in [5.74, 6) is -0.136. The predicted molar refractivity (Wildman–Crippen MR) is 71.8 cm³/mol. The molecule has 0 aromatic rings. The average Bonchev–Trinajstić information content (AvgIpc) is 2.84. The minimum atomic E-state index is -0.347. The van der Waals surface area contributed by atoms with Crippen LogP contribution in [0.25, 0.3) is 0 Å². The van der Waals surface area contributed by atoms with Gasteiger partial charge >= 0.3 is 5.97 Å². The second kappa shape index (κ2) is 5.53. The van der Waals surface area contributed by atoms with E-state index in [0.717, 1.165) is 18.5 Å². The van der Waals surface area contributed by atoms with Crippen LogP contribution in [0.15, 0.2) is 36.2 Å². The van der Waals surface area contributed by atoms with E-state index in [4.69, 9.17) is 4.74 Å². The Morgan fingerprint density at radius 1 is 1.53 bits per heavy atom. The van der Waals surface area contributed by atoms with E-state index in [0.29, 0.717) is 36.2 Å². The highest BCUT2D eigenvalue weighted by molar-refractivity contribution is 5.88. The van der Waals surface area contributed by atoms with Crippen LogP contribution < -0.4 is 0 Å². The number of rotatable bonds is 6. The summed E-state index contributed by atoms with van der Waals surface area (Å²) >= 11 is 0. The number of Topliss-reactive ketones (excluding diaryl/α,β-unsaturated/α-hetero) is 1. The van der Waals surface area contributed by atoms with Gasteiger partial charge in [-0.15, -0.1) is 0 Å². The van der Waals surface area contributed by atoms with Gasteiger partial charge in [-0.05, 0) is 12.5 Å². The van der Waals surface area contributed by atoms with Crippen molar-refractivity contribution in [1.82, 2.24) is 0 Å². The summed E-state index contributed by atoms with van der Waals surface area (Å²) in [4.78, 5) is 23.4. The zero-order chi connectivity index (χ0) is 13.9. The number of unbranched alkanes of at least 4 members (excludes halogenated alkanes) is 1. The molecular weight excluding hydrogens is 242 g/mol. The minimum Gasteiger partial charge on any atom is -0.462 e. The van der Waals surface area contributed by atoms with E-state index >= 15 is 0 Å². The Bertz CT molecular complexity index is 476. The molecular formula is C15H20NO3+. The van der Waals surface area contributed by atoms with Gasteiger partial charge in [0.15, 0.2) is 5.78 Å². The van der Waals surface area contributed by atoms with E-state index in [1.54, 1.807) is 0 Å². The minimum absolute atomic E-state index is 0.211. The van der Waals surface area contributed by atoms with Crippen LogP contribution >= 0.6 is 0 Å². The van der Waals surface area contributed by atoms with E-state index in [-0.39, 0.29) is 11.8 Å². The van der Waals surface area contributed by atoms with E-state index in [2.05, 4.69) is 6.58 Å². The highest BCUT2D eigenvalue weighted by atomic mass is 16.5. The highest BCUT2D eigenvalue weighted by Gasteiger charge is 2.44. The molecule has 2 aliphatic heterocycles. The fourth-order valence-corrected chi connectivity index (χ4v) is 2.53. The number of carbonyl (C=O) groups excluding carboxylic acids is 2. The van der Waals surface area contributed by atoms with Crippen molar-refractivity contribution in [2.45, 2.75) is 26.2 Å². The first-order valence-electron chi connectivity index (χ1n) is 6.70. The summed E-state index contributed by atoms with van der Waals surface area (Å²) in [5.41, 5.74) is 1.48. The second-order valence-electron chi connectivity index (χ2n) is 5.16. The molecule has 0 radical (unpaired) electrons.